The summed E-state index contributed by atoms with van der Waals surface area (Å²) in [6, 6.07) is 10.9. The van der Waals surface area contributed by atoms with Crippen molar-refractivity contribution in [2.45, 2.75) is 6.92 Å². The monoisotopic (exact) mass is 327 g/mol. The summed E-state index contributed by atoms with van der Waals surface area (Å²) in [4.78, 5) is 35.3. The van der Waals surface area contributed by atoms with Crippen molar-refractivity contribution in [1.82, 2.24) is 4.90 Å². The highest BCUT2D eigenvalue weighted by atomic mass is 16.6. The first-order valence-corrected chi connectivity index (χ1v) is 7.17. The number of ketones is 1. The van der Waals surface area contributed by atoms with Gasteiger partial charge in [0.05, 0.1) is 4.92 Å². The molecule has 7 nitrogen and oxygen atoms in total. The molecule has 1 N–H and O–H groups in total. The molecule has 0 heterocycles. The minimum atomic E-state index is -0.543. The van der Waals surface area contributed by atoms with Gasteiger partial charge in [-0.2, -0.15) is 0 Å². The summed E-state index contributed by atoms with van der Waals surface area (Å²) in [6.07, 6.45) is 0. The maximum absolute atomic E-state index is 11.8. The fourth-order valence-corrected chi connectivity index (χ4v) is 2.12. The average molecular weight is 327 g/mol. The zero-order valence-corrected chi connectivity index (χ0v) is 13.6. The average Bonchev–Trinajstić information content (AvgIpc) is 2.54. The van der Waals surface area contributed by atoms with Crippen LogP contribution >= 0.6 is 0 Å². The molecule has 0 unspecified atom stereocenters. The zero-order chi connectivity index (χ0) is 17.9. The highest BCUT2D eigenvalue weighted by Gasteiger charge is 2.16. The minimum absolute atomic E-state index is 0.127. The largest absolute Gasteiger partial charge is 0.350 e. The number of anilines is 2. The van der Waals surface area contributed by atoms with Gasteiger partial charge in [0.25, 0.3) is 11.6 Å². The number of hydrogen-bond acceptors (Lipinski definition) is 5. The molecule has 0 saturated carbocycles. The van der Waals surface area contributed by atoms with Crippen molar-refractivity contribution in [2.75, 3.05) is 19.4 Å². The van der Waals surface area contributed by atoms with E-state index in [1.54, 1.807) is 38.4 Å². The molecule has 1 amide bonds. The summed E-state index contributed by atoms with van der Waals surface area (Å²) < 4.78 is 0. The predicted octanol–water partition coefficient (Wildman–Crippen LogP) is 3.24. The Morgan fingerprint density at radius 1 is 1.04 bits per heavy atom. The molecule has 124 valence electrons. The Kier molecular flexibility index (Phi) is 4.93. The third kappa shape index (κ3) is 3.75. The van der Waals surface area contributed by atoms with Crippen LogP contribution in [0.1, 0.15) is 27.6 Å². The van der Waals surface area contributed by atoms with Gasteiger partial charge in [0, 0.05) is 37.0 Å². The molecule has 2 aromatic rings. The molecule has 0 bridgehead atoms. The number of benzene rings is 2. The number of nitro groups is 1. The van der Waals surface area contributed by atoms with Gasteiger partial charge in [-0.15, -0.1) is 0 Å². The maximum atomic E-state index is 11.8. The van der Waals surface area contributed by atoms with E-state index in [4.69, 9.17) is 0 Å². The van der Waals surface area contributed by atoms with Crippen molar-refractivity contribution in [1.29, 1.82) is 0 Å². The first-order chi connectivity index (χ1) is 11.3. The van der Waals surface area contributed by atoms with Crippen molar-refractivity contribution >= 4 is 28.8 Å². The fraction of sp³-hybridized carbons (Fsp3) is 0.176. The summed E-state index contributed by atoms with van der Waals surface area (Å²) in [5.74, 6) is -0.366. The fourth-order valence-electron chi connectivity index (χ4n) is 2.12. The van der Waals surface area contributed by atoms with E-state index in [1.165, 1.54) is 30.0 Å². The molecule has 24 heavy (non-hydrogen) atoms. The Labute approximate surface area is 139 Å². The van der Waals surface area contributed by atoms with Crippen LogP contribution in [0, 0.1) is 10.1 Å². The molecule has 2 aromatic carbocycles. The topological polar surface area (TPSA) is 92.6 Å². The summed E-state index contributed by atoms with van der Waals surface area (Å²) in [7, 11) is 3.32. The summed E-state index contributed by atoms with van der Waals surface area (Å²) in [5, 5.41) is 14.1. The first kappa shape index (κ1) is 17.1. The zero-order valence-electron chi connectivity index (χ0n) is 13.6. The second kappa shape index (κ2) is 6.91. The first-order valence-electron chi connectivity index (χ1n) is 7.17. The Bertz CT molecular complexity index is 798. The van der Waals surface area contributed by atoms with Crippen molar-refractivity contribution in [3.8, 4) is 0 Å². The molecule has 0 atom stereocenters. The number of amides is 1. The quantitative estimate of drug-likeness (QED) is 0.517. The summed E-state index contributed by atoms with van der Waals surface area (Å²) >= 11 is 0. The lowest BCUT2D eigenvalue weighted by Gasteiger charge is -2.11. The van der Waals surface area contributed by atoms with E-state index < -0.39 is 4.92 Å². The molecule has 0 aromatic heterocycles. The third-order valence-electron chi connectivity index (χ3n) is 3.42. The van der Waals surface area contributed by atoms with E-state index in [0.717, 1.165) is 0 Å². The van der Waals surface area contributed by atoms with Gasteiger partial charge in [-0.1, -0.05) is 0 Å². The van der Waals surface area contributed by atoms with E-state index >= 15 is 0 Å². The molecule has 0 saturated heterocycles. The summed E-state index contributed by atoms with van der Waals surface area (Å²) in [6.45, 7) is 1.35. The highest BCUT2D eigenvalue weighted by Crippen LogP contribution is 2.29. The lowest BCUT2D eigenvalue weighted by atomic mass is 10.1. The number of rotatable bonds is 5. The molecule has 0 radical (unpaired) electrons. The van der Waals surface area contributed by atoms with Crippen LogP contribution in [0.2, 0.25) is 0 Å². The molecule has 0 aliphatic rings. The van der Waals surface area contributed by atoms with Gasteiger partial charge >= 0.3 is 0 Å². The molecule has 7 heteroatoms. The van der Waals surface area contributed by atoms with E-state index in [0.29, 0.717) is 11.3 Å². The van der Waals surface area contributed by atoms with Gasteiger partial charge in [-0.25, -0.2) is 0 Å². The Hall–Kier alpha value is -3.22. The number of nitrogens with one attached hydrogen (secondary N) is 1. The van der Waals surface area contributed by atoms with Crippen LogP contribution in [-0.4, -0.2) is 35.6 Å². The van der Waals surface area contributed by atoms with Crippen molar-refractivity contribution in [3.05, 3.63) is 63.7 Å². The molecule has 0 aliphatic heterocycles. The highest BCUT2D eigenvalue weighted by molar-refractivity contribution is 5.96. The number of carbonyl (C=O) groups is 2. The van der Waals surface area contributed by atoms with Gasteiger partial charge in [0.15, 0.2) is 5.78 Å². The second-order valence-electron chi connectivity index (χ2n) is 5.45. The van der Waals surface area contributed by atoms with E-state index in [2.05, 4.69) is 5.32 Å². The molecule has 0 aliphatic carbocycles. The molecular weight excluding hydrogens is 310 g/mol. The van der Waals surface area contributed by atoms with Crippen LogP contribution in [0.25, 0.3) is 0 Å². The van der Waals surface area contributed by atoms with Gasteiger partial charge in [-0.05, 0) is 43.3 Å². The van der Waals surface area contributed by atoms with Crippen molar-refractivity contribution in [3.63, 3.8) is 0 Å². The van der Waals surface area contributed by atoms with Crippen molar-refractivity contribution in [2.24, 2.45) is 0 Å². The minimum Gasteiger partial charge on any atom is -0.350 e. The van der Waals surface area contributed by atoms with Crippen LogP contribution in [0.15, 0.2) is 42.5 Å². The van der Waals surface area contributed by atoms with Gasteiger partial charge in [-0.3, -0.25) is 19.7 Å². The van der Waals surface area contributed by atoms with Gasteiger partial charge in [0.1, 0.15) is 5.69 Å². The molecular formula is C17H17N3O4. The molecule has 0 fully saturated rings. The number of Topliss-reactive ketones (excluding diaryl/α,β-unsaturated/α-hetero) is 1. The number of nitrogens with zero attached hydrogens (tertiary/aromatic N) is 2. The Balaban J connectivity index is 2.29. The van der Waals surface area contributed by atoms with Crippen LogP contribution in [0.4, 0.5) is 17.1 Å². The second-order valence-corrected chi connectivity index (χ2v) is 5.45. The SMILES string of the molecule is CC(=O)c1ccc(Nc2ccc(C(=O)N(C)C)cc2)c([N+](=O)[O-])c1. The predicted molar refractivity (Wildman–Crippen MR) is 90.8 cm³/mol. The van der Waals surface area contributed by atoms with E-state index in [1.807, 2.05) is 0 Å². The molecule has 2 rings (SSSR count). The number of nitro benzene ring substituents is 1. The Morgan fingerprint density at radius 2 is 1.62 bits per heavy atom. The van der Waals surface area contributed by atoms with Gasteiger partial charge in [0.2, 0.25) is 0 Å². The van der Waals surface area contributed by atoms with Crippen LogP contribution in [0.5, 0.6) is 0 Å². The standard InChI is InChI=1S/C17H17N3O4/c1-11(21)13-6-9-15(16(10-13)20(23)24)18-14-7-4-12(5-8-14)17(22)19(2)3/h4-10,18H,1-3H3. The number of carbonyl (C=O) groups excluding carboxylic acids is 2. The lowest BCUT2D eigenvalue weighted by Crippen LogP contribution is -2.21. The van der Waals surface area contributed by atoms with Crippen LogP contribution in [0.3, 0.4) is 0 Å². The summed E-state index contributed by atoms with van der Waals surface area (Å²) in [5.41, 5.74) is 1.49. The van der Waals surface area contributed by atoms with E-state index in [-0.39, 0.29) is 28.6 Å². The van der Waals surface area contributed by atoms with E-state index in [9.17, 15) is 19.7 Å². The third-order valence-corrected chi connectivity index (χ3v) is 3.42. The smallest absolute Gasteiger partial charge is 0.293 e. The van der Waals surface area contributed by atoms with Crippen LogP contribution in [-0.2, 0) is 0 Å². The van der Waals surface area contributed by atoms with Gasteiger partial charge < -0.3 is 10.2 Å². The normalized spacial score (nSPS) is 10.1. The number of hydrogen-bond donors (Lipinski definition) is 1. The van der Waals surface area contributed by atoms with Crippen LogP contribution < -0.4 is 5.32 Å². The Morgan fingerprint density at radius 3 is 2.12 bits per heavy atom. The maximum Gasteiger partial charge on any atom is 0.293 e. The lowest BCUT2D eigenvalue weighted by molar-refractivity contribution is -0.383. The molecule has 0 spiro atoms. The van der Waals surface area contributed by atoms with Crippen molar-refractivity contribution < 1.29 is 14.5 Å².